The molecule has 0 aromatic heterocycles. The molecule has 20 heavy (non-hydrogen) atoms. The highest BCUT2D eigenvalue weighted by Crippen LogP contribution is 2.29. The van der Waals surface area contributed by atoms with Gasteiger partial charge in [-0.2, -0.15) is 0 Å². The molecule has 0 spiro atoms. The van der Waals surface area contributed by atoms with Gasteiger partial charge in [-0.05, 0) is 31.2 Å². The number of rotatable bonds is 3. The van der Waals surface area contributed by atoms with Crippen LogP contribution in [0.2, 0.25) is 0 Å². The van der Waals surface area contributed by atoms with Crippen LogP contribution in [0.1, 0.15) is 38.9 Å². The van der Waals surface area contributed by atoms with Crippen LogP contribution < -0.4 is 0 Å². The molecule has 1 aromatic carbocycles. The van der Waals surface area contributed by atoms with Gasteiger partial charge in [0.2, 0.25) is 0 Å². The standard InChI is InChI=1S/C16H23F2NO/c1-10-7-11(2)12(3)19(8-10)9-15(20)13-5-4-6-14(17)16(13)18/h4-6,10-12,15,20H,7-9H2,1-3H3. The van der Waals surface area contributed by atoms with Gasteiger partial charge < -0.3 is 5.11 Å². The zero-order valence-corrected chi connectivity index (χ0v) is 12.3. The van der Waals surface area contributed by atoms with Crippen molar-refractivity contribution < 1.29 is 13.9 Å². The van der Waals surface area contributed by atoms with Gasteiger partial charge in [-0.1, -0.05) is 26.0 Å². The molecular formula is C16H23F2NO. The summed E-state index contributed by atoms with van der Waals surface area (Å²) in [4.78, 5) is 2.17. The quantitative estimate of drug-likeness (QED) is 0.919. The second kappa shape index (κ2) is 6.19. The fourth-order valence-corrected chi connectivity index (χ4v) is 3.17. The molecule has 1 saturated heterocycles. The SMILES string of the molecule is CC1CC(C)C(C)N(CC(O)c2cccc(F)c2F)C1. The maximum Gasteiger partial charge on any atom is 0.164 e. The molecule has 0 amide bonds. The molecule has 4 atom stereocenters. The van der Waals surface area contributed by atoms with Gasteiger partial charge in [0.1, 0.15) is 0 Å². The fraction of sp³-hybridized carbons (Fsp3) is 0.625. The maximum absolute atomic E-state index is 13.7. The van der Waals surface area contributed by atoms with Crippen LogP contribution in [0.4, 0.5) is 8.78 Å². The Labute approximate surface area is 119 Å². The van der Waals surface area contributed by atoms with Crippen molar-refractivity contribution in [2.24, 2.45) is 11.8 Å². The van der Waals surface area contributed by atoms with Gasteiger partial charge in [0, 0.05) is 24.7 Å². The summed E-state index contributed by atoms with van der Waals surface area (Å²) in [5, 5.41) is 10.2. The molecule has 0 saturated carbocycles. The molecule has 1 aliphatic heterocycles. The Balaban J connectivity index is 2.10. The molecule has 4 unspecified atom stereocenters. The minimum absolute atomic E-state index is 0.0445. The van der Waals surface area contributed by atoms with Crippen molar-refractivity contribution in [2.45, 2.75) is 39.3 Å². The Morgan fingerprint density at radius 1 is 1.30 bits per heavy atom. The summed E-state index contributed by atoms with van der Waals surface area (Å²) in [6.45, 7) is 7.74. The highest BCUT2D eigenvalue weighted by Gasteiger charge is 2.30. The molecule has 2 rings (SSSR count). The van der Waals surface area contributed by atoms with Crippen molar-refractivity contribution >= 4 is 0 Å². The maximum atomic E-state index is 13.7. The Morgan fingerprint density at radius 3 is 2.70 bits per heavy atom. The van der Waals surface area contributed by atoms with Gasteiger partial charge in [-0.15, -0.1) is 0 Å². The van der Waals surface area contributed by atoms with E-state index in [1.165, 1.54) is 18.6 Å². The number of β-amino-alcohol motifs (C(OH)–C–C–N with tert-alkyl or cyclic N) is 1. The number of benzene rings is 1. The number of aliphatic hydroxyl groups is 1. The molecule has 1 N–H and O–H groups in total. The topological polar surface area (TPSA) is 23.5 Å². The first-order chi connectivity index (χ1) is 9.40. The third kappa shape index (κ3) is 3.18. The second-order valence-corrected chi connectivity index (χ2v) is 6.17. The van der Waals surface area contributed by atoms with E-state index >= 15 is 0 Å². The van der Waals surface area contributed by atoms with E-state index in [-0.39, 0.29) is 5.56 Å². The number of hydrogen-bond donors (Lipinski definition) is 1. The Morgan fingerprint density at radius 2 is 2.00 bits per heavy atom. The van der Waals surface area contributed by atoms with E-state index in [0.717, 1.165) is 12.6 Å². The third-order valence-electron chi connectivity index (χ3n) is 4.47. The molecule has 112 valence electrons. The summed E-state index contributed by atoms with van der Waals surface area (Å²) in [6, 6.07) is 4.29. The van der Waals surface area contributed by atoms with Crippen molar-refractivity contribution in [3.63, 3.8) is 0 Å². The van der Waals surface area contributed by atoms with Crippen molar-refractivity contribution in [3.8, 4) is 0 Å². The van der Waals surface area contributed by atoms with Crippen LogP contribution in [-0.4, -0.2) is 29.1 Å². The number of hydrogen-bond acceptors (Lipinski definition) is 2. The summed E-state index contributed by atoms with van der Waals surface area (Å²) < 4.78 is 26.9. The third-order valence-corrected chi connectivity index (χ3v) is 4.47. The van der Waals surface area contributed by atoms with Crippen LogP contribution in [0, 0.1) is 23.5 Å². The molecule has 0 aliphatic carbocycles. The Bertz CT molecular complexity index is 466. The molecule has 0 bridgehead atoms. The summed E-state index contributed by atoms with van der Waals surface area (Å²) >= 11 is 0. The minimum Gasteiger partial charge on any atom is -0.387 e. The summed E-state index contributed by atoms with van der Waals surface area (Å²) in [6.07, 6.45) is 0.174. The van der Waals surface area contributed by atoms with Gasteiger partial charge in [0.15, 0.2) is 11.6 Å². The lowest BCUT2D eigenvalue weighted by atomic mass is 9.85. The summed E-state index contributed by atoms with van der Waals surface area (Å²) in [5.41, 5.74) is 0.0445. The lowest BCUT2D eigenvalue weighted by Gasteiger charge is -2.42. The minimum atomic E-state index is -0.995. The van der Waals surface area contributed by atoms with Gasteiger partial charge in [-0.25, -0.2) is 8.78 Å². The largest absolute Gasteiger partial charge is 0.387 e. The van der Waals surface area contributed by atoms with Crippen LogP contribution >= 0.6 is 0 Å². The lowest BCUT2D eigenvalue weighted by Crippen LogP contribution is -2.47. The second-order valence-electron chi connectivity index (χ2n) is 6.17. The summed E-state index contributed by atoms with van der Waals surface area (Å²) in [5.74, 6) is -0.741. The summed E-state index contributed by atoms with van der Waals surface area (Å²) in [7, 11) is 0. The first kappa shape index (κ1) is 15.4. The highest BCUT2D eigenvalue weighted by molar-refractivity contribution is 5.21. The smallest absolute Gasteiger partial charge is 0.164 e. The Hall–Kier alpha value is -1.00. The van der Waals surface area contributed by atoms with Crippen molar-refractivity contribution in [1.82, 2.24) is 4.90 Å². The zero-order valence-electron chi connectivity index (χ0n) is 12.3. The van der Waals surface area contributed by atoms with E-state index in [4.69, 9.17) is 0 Å². The van der Waals surface area contributed by atoms with E-state index < -0.39 is 17.7 Å². The first-order valence-corrected chi connectivity index (χ1v) is 7.26. The van der Waals surface area contributed by atoms with Gasteiger partial charge in [-0.3, -0.25) is 4.90 Å². The zero-order chi connectivity index (χ0) is 14.9. The Kier molecular flexibility index (Phi) is 4.76. The van der Waals surface area contributed by atoms with Crippen molar-refractivity contribution in [3.05, 3.63) is 35.4 Å². The van der Waals surface area contributed by atoms with Crippen LogP contribution in [-0.2, 0) is 0 Å². The number of halogens is 2. The highest BCUT2D eigenvalue weighted by atomic mass is 19.2. The number of likely N-dealkylation sites (tertiary alicyclic amines) is 1. The van der Waals surface area contributed by atoms with Crippen molar-refractivity contribution in [2.75, 3.05) is 13.1 Å². The van der Waals surface area contributed by atoms with Crippen LogP contribution in [0.15, 0.2) is 18.2 Å². The van der Waals surface area contributed by atoms with E-state index in [1.54, 1.807) is 0 Å². The molecular weight excluding hydrogens is 260 g/mol. The molecule has 2 nitrogen and oxygen atoms in total. The van der Waals surface area contributed by atoms with E-state index in [1.807, 2.05) is 0 Å². The van der Waals surface area contributed by atoms with E-state index in [0.29, 0.717) is 24.4 Å². The monoisotopic (exact) mass is 283 g/mol. The molecule has 1 fully saturated rings. The number of nitrogens with zero attached hydrogens (tertiary/aromatic N) is 1. The predicted octanol–water partition coefficient (Wildman–Crippen LogP) is 3.36. The fourth-order valence-electron chi connectivity index (χ4n) is 3.17. The van der Waals surface area contributed by atoms with Crippen LogP contribution in [0.3, 0.4) is 0 Å². The number of aliphatic hydroxyl groups excluding tert-OH is 1. The molecule has 0 radical (unpaired) electrons. The van der Waals surface area contributed by atoms with Crippen LogP contribution in [0.25, 0.3) is 0 Å². The number of piperidine rings is 1. The van der Waals surface area contributed by atoms with Crippen molar-refractivity contribution in [1.29, 1.82) is 0 Å². The van der Waals surface area contributed by atoms with Crippen LogP contribution in [0.5, 0.6) is 0 Å². The predicted molar refractivity (Wildman–Crippen MR) is 75.3 cm³/mol. The first-order valence-electron chi connectivity index (χ1n) is 7.26. The van der Waals surface area contributed by atoms with Gasteiger partial charge >= 0.3 is 0 Å². The molecule has 1 aromatic rings. The van der Waals surface area contributed by atoms with Gasteiger partial charge in [0.05, 0.1) is 6.10 Å². The average molecular weight is 283 g/mol. The normalized spacial score (nSPS) is 29.4. The van der Waals surface area contributed by atoms with E-state index in [2.05, 4.69) is 25.7 Å². The van der Waals surface area contributed by atoms with E-state index in [9.17, 15) is 13.9 Å². The molecule has 1 aliphatic rings. The molecule has 1 heterocycles. The molecule has 4 heteroatoms. The average Bonchev–Trinajstić information content (AvgIpc) is 2.38. The van der Waals surface area contributed by atoms with Gasteiger partial charge in [0.25, 0.3) is 0 Å². The lowest BCUT2D eigenvalue weighted by molar-refractivity contribution is 0.0302.